The van der Waals surface area contributed by atoms with Crippen LogP contribution in [0.5, 0.6) is 5.75 Å². The SMILES string of the molecule is C[C@H](NP(=O)(OC[C@H]1O[C@@](C#N)(c2ccc3c(N)ncnn23)[C@H](O)[C@@H]1O)Oc1ccc(C(C)(C)C)cc1)C(=O)O. The van der Waals surface area contributed by atoms with Gasteiger partial charge in [0.2, 0.25) is 5.60 Å². The maximum absolute atomic E-state index is 13.7. The smallest absolute Gasteiger partial charge is 0.459 e. The fourth-order valence-electron chi connectivity index (χ4n) is 4.26. The van der Waals surface area contributed by atoms with Crippen LogP contribution in [0.2, 0.25) is 0 Å². The summed E-state index contributed by atoms with van der Waals surface area (Å²) in [5.74, 6) is -1.06. The van der Waals surface area contributed by atoms with Crippen molar-refractivity contribution in [3.8, 4) is 11.8 Å². The third-order valence-corrected chi connectivity index (χ3v) is 8.21. The molecule has 0 bridgehead atoms. The van der Waals surface area contributed by atoms with Gasteiger partial charge in [-0.25, -0.2) is 14.1 Å². The highest BCUT2D eigenvalue weighted by atomic mass is 31.2. The van der Waals surface area contributed by atoms with E-state index in [1.54, 1.807) is 24.3 Å². The number of anilines is 1. The lowest BCUT2D eigenvalue weighted by atomic mass is 9.87. The normalized spacial score (nSPS) is 25.3. The molecule has 1 fully saturated rings. The average molecular weight is 575 g/mol. The van der Waals surface area contributed by atoms with Gasteiger partial charge in [-0.05, 0) is 42.2 Å². The van der Waals surface area contributed by atoms with Crippen LogP contribution in [0.3, 0.4) is 0 Å². The number of benzene rings is 1. The van der Waals surface area contributed by atoms with Crippen molar-refractivity contribution in [3.63, 3.8) is 0 Å². The molecule has 4 rings (SSSR count). The fourth-order valence-corrected chi connectivity index (χ4v) is 5.77. The van der Waals surface area contributed by atoms with Crippen LogP contribution in [-0.4, -0.2) is 66.8 Å². The van der Waals surface area contributed by atoms with Gasteiger partial charge in [0.05, 0.1) is 12.3 Å². The van der Waals surface area contributed by atoms with E-state index in [0.29, 0.717) is 5.52 Å². The quantitative estimate of drug-likeness (QED) is 0.230. The minimum Gasteiger partial charge on any atom is -0.480 e. The summed E-state index contributed by atoms with van der Waals surface area (Å²) in [5, 5.41) is 47.6. The number of aromatic nitrogens is 3. The Labute approximate surface area is 229 Å². The maximum Gasteiger partial charge on any atom is 0.459 e. The van der Waals surface area contributed by atoms with Gasteiger partial charge >= 0.3 is 13.7 Å². The van der Waals surface area contributed by atoms with Crippen molar-refractivity contribution in [2.75, 3.05) is 12.3 Å². The number of ether oxygens (including phenoxy) is 1. The van der Waals surface area contributed by atoms with Crippen LogP contribution in [0, 0.1) is 11.3 Å². The number of carboxylic acid groups (broad SMARTS) is 1. The van der Waals surface area contributed by atoms with E-state index in [-0.39, 0.29) is 22.7 Å². The number of hydrogen-bond donors (Lipinski definition) is 5. The molecule has 6 N–H and O–H groups in total. The van der Waals surface area contributed by atoms with Gasteiger partial charge in [-0.2, -0.15) is 15.4 Å². The molecule has 1 saturated heterocycles. The first-order valence-electron chi connectivity index (χ1n) is 12.3. The lowest BCUT2D eigenvalue weighted by Gasteiger charge is -2.25. The number of nitriles is 1. The molecule has 0 saturated carbocycles. The van der Waals surface area contributed by atoms with Crippen molar-refractivity contribution >= 4 is 25.1 Å². The summed E-state index contributed by atoms with van der Waals surface area (Å²) in [6.07, 6.45) is -3.65. The molecule has 15 heteroatoms. The molecule has 0 aliphatic carbocycles. The number of rotatable bonds is 9. The monoisotopic (exact) mass is 574 g/mol. The van der Waals surface area contributed by atoms with Crippen molar-refractivity contribution in [1.82, 2.24) is 19.7 Å². The first-order valence-corrected chi connectivity index (χ1v) is 13.8. The standard InChI is InChI=1S/C25H31N6O8P/c1-14(23(34)35)30-40(36,39-16-7-5-15(6-8-16)24(2,3)4)37-11-18-20(32)21(33)25(12-26,38-18)19-10-9-17-22(27)28-13-29-31(17)19/h5-10,13-14,18,20-21,32-33H,11H2,1-4H3,(H,30,36)(H,34,35)(H2,27,28,29)/t14-,18+,20+,21+,25-,40?/m0/s1. The summed E-state index contributed by atoms with van der Waals surface area (Å²) in [7, 11) is -4.39. The number of aliphatic hydroxyl groups excluding tert-OH is 2. The molecule has 3 aromatic rings. The van der Waals surface area contributed by atoms with E-state index in [0.717, 1.165) is 11.9 Å². The Kier molecular flexibility index (Phi) is 7.92. The van der Waals surface area contributed by atoms with Crippen LogP contribution >= 0.6 is 7.75 Å². The highest BCUT2D eigenvalue weighted by Gasteiger charge is 2.58. The second-order valence-electron chi connectivity index (χ2n) is 10.4. The van der Waals surface area contributed by atoms with Gasteiger partial charge in [0.15, 0.2) is 5.82 Å². The number of fused-ring (bicyclic) bond motifs is 1. The van der Waals surface area contributed by atoms with Gasteiger partial charge < -0.3 is 30.3 Å². The Morgan fingerprint density at radius 3 is 2.58 bits per heavy atom. The molecule has 0 spiro atoms. The van der Waals surface area contributed by atoms with E-state index in [9.17, 15) is 29.9 Å². The highest BCUT2D eigenvalue weighted by Crippen LogP contribution is 2.47. The van der Waals surface area contributed by atoms with Crippen molar-refractivity contribution < 1.29 is 38.5 Å². The molecule has 1 aliphatic heterocycles. The molecule has 3 heterocycles. The first-order chi connectivity index (χ1) is 18.7. The largest absolute Gasteiger partial charge is 0.480 e. The van der Waals surface area contributed by atoms with Crippen LogP contribution in [0.4, 0.5) is 5.82 Å². The Morgan fingerprint density at radius 2 is 1.98 bits per heavy atom. The molecule has 214 valence electrons. The number of nitrogens with zero attached hydrogens (tertiary/aromatic N) is 4. The summed E-state index contributed by atoms with van der Waals surface area (Å²) in [6, 6.07) is 10.2. The van der Waals surface area contributed by atoms with Crippen molar-refractivity contribution in [2.45, 2.75) is 63.1 Å². The topological polar surface area (TPSA) is 215 Å². The number of carbonyl (C=O) groups is 1. The lowest BCUT2D eigenvalue weighted by molar-refractivity contribution is -0.138. The van der Waals surface area contributed by atoms with E-state index in [1.165, 1.54) is 23.6 Å². The lowest BCUT2D eigenvalue weighted by Crippen LogP contribution is -2.41. The molecule has 0 radical (unpaired) electrons. The Morgan fingerprint density at radius 1 is 1.30 bits per heavy atom. The predicted molar refractivity (Wildman–Crippen MR) is 141 cm³/mol. The van der Waals surface area contributed by atoms with Gasteiger partial charge in [-0.1, -0.05) is 32.9 Å². The number of nitrogens with two attached hydrogens (primary N) is 1. The van der Waals surface area contributed by atoms with E-state index >= 15 is 0 Å². The van der Waals surface area contributed by atoms with Crippen molar-refractivity contribution in [3.05, 3.63) is 54.0 Å². The summed E-state index contributed by atoms with van der Waals surface area (Å²) in [4.78, 5) is 15.4. The second-order valence-corrected chi connectivity index (χ2v) is 12.1. The van der Waals surface area contributed by atoms with Gasteiger partial charge in [-0.15, -0.1) is 0 Å². The van der Waals surface area contributed by atoms with E-state index < -0.39 is 50.3 Å². The Balaban J connectivity index is 1.58. The molecule has 1 aromatic carbocycles. The molecule has 0 amide bonds. The van der Waals surface area contributed by atoms with Crippen LogP contribution in [0.15, 0.2) is 42.7 Å². The van der Waals surface area contributed by atoms with Crippen molar-refractivity contribution in [1.29, 1.82) is 5.26 Å². The first kappa shape index (κ1) is 29.4. The third kappa shape index (κ3) is 5.53. The fraction of sp³-hybridized carbons (Fsp3) is 0.440. The van der Waals surface area contributed by atoms with E-state index in [4.69, 9.17) is 19.5 Å². The second kappa shape index (κ2) is 10.8. The zero-order chi connectivity index (χ0) is 29.5. The number of nitrogen functional groups attached to an aromatic ring is 1. The summed E-state index contributed by atoms with van der Waals surface area (Å²) in [5.41, 5.74) is 5.02. The molecule has 6 atom stereocenters. The van der Waals surface area contributed by atoms with Crippen LogP contribution in [-0.2, 0) is 29.6 Å². The summed E-state index contributed by atoms with van der Waals surface area (Å²) >= 11 is 0. The number of hydrogen-bond acceptors (Lipinski definition) is 11. The molecule has 40 heavy (non-hydrogen) atoms. The molecule has 2 aromatic heterocycles. The van der Waals surface area contributed by atoms with Crippen LogP contribution < -0.4 is 15.3 Å². The number of aliphatic hydroxyl groups is 2. The molecule has 1 unspecified atom stereocenters. The summed E-state index contributed by atoms with van der Waals surface area (Å²) in [6.45, 7) is 6.68. The Hall–Kier alpha value is -3.57. The minimum absolute atomic E-state index is 0.0733. The number of aliphatic carboxylic acids is 1. The van der Waals surface area contributed by atoms with Crippen molar-refractivity contribution in [2.24, 2.45) is 0 Å². The molecular formula is C25H31N6O8P. The zero-order valence-corrected chi connectivity index (χ0v) is 23.1. The number of carboxylic acids is 1. The molecular weight excluding hydrogens is 543 g/mol. The van der Waals surface area contributed by atoms with Gasteiger partial charge in [0, 0.05) is 0 Å². The Bertz CT molecular complexity index is 1480. The number of nitrogens with one attached hydrogen (secondary N) is 1. The van der Waals surface area contributed by atoms with E-state index in [2.05, 4.69) is 15.2 Å². The van der Waals surface area contributed by atoms with Gasteiger partial charge in [-0.3, -0.25) is 9.32 Å². The van der Waals surface area contributed by atoms with Crippen LogP contribution in [0.1, 0.15) is 39.0 Å². The van der Waals surface area contributed by atoms with Gasteiger partial charge in [0.25, 0.3) is 0 Å². The highest BCUT2D eigenvalue weighted by molar-refractivity contribution is 7.52. The molecule has 1 aliphatic rings. The predicted octanol–water partition coefficient (Wildman–Crippen LogP) is 1.71. The molecule has 14 nitrogen and oxygen atoms in total. The average Bonchev–Trinajstić information content (AvgIpc) is 3.43. The zero-order valence-electron chi connectivity index (χ0n) is 22.3. The maximum atomic E-state index is 13.7. The van der Waals surface area contributed by atoms with Gasteiger partial charge in [0.1, 0.15) is 48.0 Å². The minimum atomic E-state index is -4.39. The third-order valence-electron chi connectivity index (χ3n) is 6.56. The summed E-state index contributed by atoms with van der Waals surface area (Å²) < 4.78 is 31.9. The van der Waals surface area contributed by atoms with Crippen LogP contribution in [0.25, 0.3) is 5.52 Å². The van der Waals surface area contributed by atoms with E-state index in [1.807, 2.05) is 26.8 Å².